The molecule has 116 valence electrons. The van der Waals surface area contributed by atoms with Crippen LogP contribution in [0.25, 0.3) is 0 Å². The number of amides is 1. The quantitative estimate of drug-likeness (QED) is 0.917. The highest BCUT2D eigenvalue weighted by Crippen LogP contribution is 2.16. The Balaban J connectivity index is 1.89. The summed E-state index contributed by atoms with van der Waals surface area (Å²) in [4.78, 5) is 16.0. The van der Waals surface area contributed by atoms with Crippen molar-refractivity contribution in [1.82, 2.24) is 9.80 Å². The van der Waals surface area contributed by atoms with E-state index in [-0.39, 0.29) is 17.8 Å². The molecule has 2 N–H and O–H groups in total. The van der Waals surface area contributed by atoms with Crippen molar-refractivity contribution in [3.8, 4) is 0 Å². The summed E-state index contributed by atoms with van der Waals surface area (Å²) in [5.74, 6) is -0.255. The molecule has 0 saturated carbocycles. The van der Waals surface area contributed by atoms with E-state index in [1.807, 2.05) is 0 Å². The van der Waals surface area contributed by atoms with Crippen molar-refractivity contribution in [2.24, 2.45) is 5.73 Å². The van der Waals surface area contributed by atoms with E-state index < -0.39 is 0 Å². The molecule has 4 nitrogen and oxygen atoms in total. The van der Waals surface area contributed by atoms with Gasteiger partial charge in [-0.15, -0.1) is 0 Å². The van der Waals surface area contributed by atoms with Gasteiger partial charge in [0.2, 0.25) is 5.91 Å². The first-order chi connectivity index (χ1) is 9.97. The van der Waals surface area contributed by atoms with Gasteiger partial charge in [-0.2, -0.15) is 0 Å². The monoisotopic (exact) mass is 293 g/mol. The van der Waals surface area contributed by atoms with E-state index in [0.717, 1.165) is 19.4 Å². The molecule has 1 amide bonds. The first-order valence-corrected chi connectivity index (χ1v) is 7.44. The van der Waals surface area contributed by atoms with Crippen LogP contribution in [0.4, 0.5) is 4.39 Å². The van der Waals surface area contributed by atoms with E-state index in [0.29, 0.717) is 24.7 Å². The lowest BCUT2D eigenvalue weighted by Gasteiger charge is -2.36. The lowest BCUT2D eigenvalue weighted by atomic mass is 9.99. The number of nitrogens with zero attached hydrogens (tertiary/aromatic N) is 2. The molecule has 1 aromatic rings. The van der Waals surface area contributed by atoms with E-state index in [4.69, 9.17) is 5.73 Å². The Morgan fingerprint density at radius 1 is 1.48 bits per heavy atom. The molecule has 0 aliphatic carbocycles. The molecule has 2 atom stereocenters. The summed E-state index contributed by atoms with van der Waals surface area (Å²) in [6.45, 7) is 3.62. The molecular formula is C16H24FN3O. The molecule has 5 heteroatoms. The van der Waals surface area contributed by atoms with Crippen LogP contribution in [0.3, 0.4) is 0 Å². The highest BCUT2D eigenvalue weighted by atomic mass is 19.1. The molecule has 1 heterocycles. The number of likely N-dealkylation sites (tertiary alicyclic amines) is 1. The minimum Gasteiger partial charge on any atom is -0.340 e. The normalized spacial score (nSPS) is 23.0. The number of likely N-dealkylation sites (N-methyl/N-ethyl adjacent to an activating group) is 1. The summed E-state index contributed by atoms with van der Waals surface area (Å²) in [6, 6.07) is 7.12. The molecule has 0 aromatic heterocycles. The van der Waals surface area contributed by atoms with E-state index in [2.05, 4.69) is 11.8 Å². The maximum absolute atomic E-state index is 13.6. The zero-order valence-corrected chi connectivity index (χ0v) is 12.8. The number of piperidine rings is 1. The first-order valence-electron chi connectivity index (χ1n) is 7.44. The van der Waals surface area contributed by atoms with Gasteiger partial charge in [0.1, 0.15) is 5.82 Å². The van der Waals surface area contributed by atoms with E-state index in [1.54, 1.807) is 30.1 Å². The number of nitrogens with two attached hydrogens (primary N) is 1. The lowest BCUT2D eigenvalue weighted by Crippen LogP contribution is -2.49. The number of rotatable bonds is 4. The topological polar surface area (TPSA) is 49.6 Å². The smallest absolute Gasteiger partial charge is 0.236 e. The second kappa shape index (κ2) is 7.00. The van der Waals surface area contributed by atoms with Gasteiger partial charge >= 0.3 is 0 Å². The maximum Gasteiger partial charge on any atom is 0.236 e. The molecule has 1 fully saturated rings. The number of hydrogen-bond donors (Lipinski definition) is 1. The fraction of sp³-hybridized carbons (Fsp3) is 0.562. The summed E-state index contributed by atoms with van der Waals surface area (Å²) < 4.78 is 13.6. The van der Waals surface area contributed by atoms with Crippen LogP contribution < -0.4 is 5.73 Å². The Labute approximate surface area is 125 Å². The van der Waals surface area contributed by atoms with Gasteiger partial charge in [0.15, 0.2) is 0 Å². The molecule has 1 saturated heterocycles. The number of carbonyl (C=O) groups excluding carboxylic acids is 1. The maximum atomic E-state index is 13.6. The predicted octanol–water partition coefficient (Wildman–Crippen LogP) is 1.60. The molecule has 2 rings (SSSR count). The molecular weight excluding hydrogens is 269 g/mol. The van der Waals surface area contributed by atoms with Crippen molar-refractivity contribution in [1.29, 1.82) is 0 Å². The average Bonchev–Trinajstić information content (AvgIpc) is 2.44. The van der Waals surface area contributed by atoms with Crippen LogP contribution in [0.1, 0.15) is 25.3 Å². The van der Waals surface area contributed by atoms with Crippen LogP contribution in [0, 0.1) is 5.82 Å². The number of carbonyl (C=O) groups is 1. The zero-order valence-electron chi connectivity index (χ0n) is 12.8. The Hall–Kier alpha value is -1.46. The third-order valence-electron chi connectivity index (χ3n) is 4.18. The first kappa shape index (κ1) is 15.9. The van der Waals surface area contributed by atoms with E-state index >= 15 is 0 Å². The molecule has 2 unspecified atom stereocenters. The van der Waals surface area contributed by atoms with Crippen molar-refractivity contribution in [3.05, 3.63) is 35.6 Å². The molecule has 0 spiro atoms. The van der Waals surface area contributed by atoms with Crippen molar-refractivity contribution in [2.75, 3.05) is 20.1 Å². The SMILES string of the molecule is CC1CC(N)CCN1CC(=O)N(C)Cc1ccccc1F. The third kappa shape index (κ3) is 4.25. The van der Waals surface area contributed by atoms with Crippen molar-refractivity contribution >= 4 is 5.91 Å². The molecule has 1 aromatic carbocycles. The van der Waals surface area contributed by atoms with Gasteiger partial charge in [-0.25, -0.2) is 4.39 Å². The highest BCUT2D eigenvalue weighted by molar-refractivity contribution is 5.78. The second-order valence-electron chi connectivity index (χ2n) is 5.95. The second-order valence-corrected chi connectivity index (χ2v) is 5.95. The van der Waals surface area contributed by atoms with Crippen molar-refractivity contribution in [3.63, 3.8) is 0 Å². The fourth-order valence-electron chi connectivity index (χ4n) is 2.76. The van der Waals surface area contributed by atoms with Gasteiger partial charge in [-0.05, 0) is 25.8 Å². The Bertz CT molecular complexity index is 494. The Morgan fingerprint density at radius 2 is 2.19 bits per heavy atom. The van der Waals surface area contributed by atoms with Gasteiger partial charge in [0.05, 0.1) is 6.54 Å². The lowest BCUT2D eigenvalue weighted by molar-refractivity contribution is -0.132. The van der Waals surface area contributed by atoms with Gasteiger partial charge < -0.3 is 10.6 Å². The Morgan fingerprint density at radius 3 is 2.86 bits per heavy atom. The summed E-state index contributed by atoms with van der Waals surface area (Å²) >= 11 is 0. The summed E-state index contributed by atoms with van der Waals surface area (Å²) in [7, 11) is 1.72. The number of hydrogen-bond acceptors (Lipinski definition) is 3. The standard InChI is InChI=1S/C16H24FN3O/c1-12-9-14(18)7-8-20(12)11-16(21)19(2)10-13-5-3-4-6-15(13)17/h3-6,12,14H,7-11,18H2,1-2H3. The van der Waals surface area contributed by atoms with Gasteiger partial charge in [0.25, 0.3) is 0 Å². The molecule has 1 aliphatic heterocycles. The fourth-order valence-corrected chi connectivity index (χ4v) is 2.76. The molecule has 1 aliphatic rings. The summed E-state index contributed by atoms with van der Waals surface area (Å²) in [5.41, 5.74) is 6.48. The number of benzene rings is 1. The summed E-state index contributed by atoms with van der Waals surface area (Å²) in [6.07, 6.45) is 1.85. The minimum absolute atomic E-state index is 0.0144. The van der Waals surface area contributed by atoms with Crippen LogP contribution in [0.2, 0.25) is 0 Å². The highest BCUT2D eigenvalue weighted by Gasteiger charge is 2.25. The van der Waals surface area contributed by atoms with Crippen LogP contribution in [-0.4, -0.2) is 47.9 Å². The minimum atomic E-state index is -0.269. The van der Waals surface area contributed by atoms with Gasteiger partial charge in [-0.1, -0.05) is 18.2 Å². The molecule has 0 radical (unpaired) electrons. The van der Waals surface area contributed by atoms with Gasteiger partial charge in [-0.3, -0.25) is 9.69 Å². The largest absolute Gasteiger partial charge is 0.340 e. The van der Waals surface area contributed by atoms with Crippen molar-refractivity contribution < 1.29 is 9.18 Å². The average molecular weight is 293 g/mol. The van der Waals surface area contributed by atoms with Crippen molar-refractivity contribution in [2.45, 2.75) is 38.4 Å². The van der Waals surface area contributed by atoms with Crippen LogP contribution in [0.15, 0.2) is 24.3 Å². The van der Waals surface area contributed by atoms with Gasteiger partial charge in [0, 0.05) is 37.8 Å². The predicted molar refractivity (Wildman–Crippen MR) is 81.1 cm³/mol. The van der Waals surface area contributed by atoms with Crippen LogP contribution in [-0.2, 0) is 11.3 Å². The Kier molecular flexibility index (Phi) is 5.31. The van der Waals surface area contributed by atoms with E-state index in [1.165, 1.54) is 6.07 Å². The third-order valence-corrected chi connectivity index (χ3v) is 4.18. The molecule has 21 heavy (non-hydrogen) atoms. The molecule has 0 bridgehead atoms. The van der Waals surface area contributed by atoms with Crippen LogP contribution in [0.5, 0.6) is 0 Å². The summed E-state index contributed by atoms with van der Waals surface area (Å²) in [5, 5.41) is 0. The van der Waals surface area contributed by atoms with E-state index in [9.17, 15) is 9.18 Å². The number of halogens is 1. The van der Waals surface area contributed by atoms with Crippen LogP contribution >= 0.6 is 0 Å². The zero-order chi connectivity index (χ0) is 15.4.